The van der Waals surface area contributed by atoms with E-state index in [-0.39, 0.29) is 5.69 Å². The largest absolute Gasteiger partial charge is 0.464 e. The lowest BCUT2D eigenvalue weighted by Crippen LogP contribution is -2.27. The van der Waals surface area contributed by atoms with Crippen LogP contribution in [0.25, 0.3) is 16.6 Å². The smallest absolute Gasteiger partial charge is 0.412 e. The van der Waals surface area contributed by atoms with Crippen molar-refractivity contribution in [2.75, 3.05) is 12.4 Å². The van der Waals surface area contributed by atoms with Gasteiger partial charge in [-0.05, 0) is 45.0 Å². The van der Waals surface area contributed by atoms with Gasteiger partial charge in [-0.25, -0.2) is 19.3 Å². The zero-order valence-corrected chi connectivity index (χ0v) is 15.5. The molecular formula is C19H20N4O4. The molecule has 3 aromatic rings. The molecule has 1 N–H and O–H groups in total. The number of pyridine rings is 1. The van der Waals surface area contributed by atoms with Crippen molar-refractivity contribution < 1.29 is 19.1 Å². The zero-order chi connectivity index (χ0) is 19.6. The Morgan fingerprint density at radius 2 is 1.93 bits per heavy atom. The van der Waals surface area contributed by atoms with Crippen molar-refractivity contribution >= 4 is 28.7 Å². The third-order valence-corrected chi connectivity index (χ3v) is 3.58. The zero-order valence-electron chi connectivity index (χ0n) is 15.5. The summed E-state index contributed by atoms with van der Waals surface area (Å²) in [5, 5.41) is 7.74. The molecule has 0 aliphatic heterocycles. The maximum absolute atomic E-state index is 11.9. The molecule has 0 aliphatic rings. The van der Waals surface area contributed by atoms with Crippen molar-refractivity contribution in [2.45, 2.75) is 26.4 Å². The number of hydrogen-bond acceptors (Lipinski definition) is 6. The SMILES string of the molecule is COC(=O)c1ccc2c(-n3cc(NC(=O)OC(C)(C)C)cn3)cccc2n1. The van der Waals surface area contributed by atoms with Gasteiger partial charge in [0.05, 0.1) is 36.4 Å². The highest BCUT2D eigenvalue weighted by molar-refractivity contribution is 5.93. The Hall–Kier alpha value is -3.42. The molecule has 0 radical (unpaired) electrons. The van der Waals surface area contributed by atoms with E-state index in [4.69, 9.17) is 9.47 Å². The quantitative estimate of drug-likeness (QED) is 0.710. The van der Waals surface area contributed by atoms with Gasteiger partial charge in [-0.2, -0.15) is 5.10 Å². The van der Waals surface area contributed by atoms with E-state index < -0.39 is 17.7 Å². The molecule has 8 heteroatoms. The van der Waals surface area contributed by atoms with Crippen LogP contribution in [0.2, 0.25) is 0 Å². The van der Waals surface area contributed by atoms with E-state index in [1.54, 1.807) is 49.8 Å². The molecule has 2 aromatic heterocycles. The molecular weight excluding hydrogens is 348 g/mol. The maximum atomic E-state index is 11.9. The Morgan fingerprint density at radius 3 is 2.63 bits per heavy atom. The van der Waals surface area contributed by atoms with Crippen LogP contribution in [-0.2, 0) is 9.47 Å². The predicted molar refractivity (Wildman–Crippen MR) is 100 cm³/mol. The Kier molecular flexibility index (Phi) is 4.81. The fraction of sp³-hybridized carbons (Fsp3) is 0.263. The lowest BCUT2D eigenvalue weighted by molar-refractivity contribution is 0.0592. The van der Waals surface area contributed by atoms with Crippen molar-refractivity contribution in [1.29, 1.82) is 0 Å². The molecule has 0 unspecified atom stereocenters. The summed E-state index contributed by atoms with van der Waals surface area (Å²) in [7, 11) is 1.31. The summed E-state index contributed by atoms with van der Waals surface area (Å²) in [4.78, 5) is 27.9. The average Bonchev–Trinajstić information content (AvgIpc) is 3.06. The van der Waals surface area contributed by atoms with Crippen molar-refractivity contribution in [3.63, 3.8) is 0 Å². The normalized spacial score (nSPS) is 11.3. The number of carbonyl (C=O) groups excluding carboxylic acids is 2. The number of amides is 1. The maximum Gasteiger partial charge on any atom is 0.412 e. The van der Waals surface area contributed by atoms with Gasteiger partial charge in [0, 0.05) is 5.39 Å². The van der Waals surface area contributed by atoms with Crippen LogP contribution in [0.5, 0.6) is 0 Å². The highest BCUT2D eigenvalue weighted by Gasteiger charge is 2.17. The minimum absolute atomic E-state index is 0.231. The first-order valence-corrected chi connectivity index (χ1v) is 8.30. The number of ether oxygens (including phenoxy) is 2. The first-order valence-electron chi connectivity index (χ1n) is 8.30. The molecule has 0 aliphatic carbocycles. The second-order valence-corrected chi connectivity index (χ2v) is 6.83. The van der Waals surface area contributed by atoms with Crippen LogP contribution in [0.4, 0.5) is 10.5 Å². The minimum atomic E-state index is -0.585. The van der Waals surface area contributed by atoms with Gasteiger partial charge < -0.3 is 9.47 Å². The van der Waals surface area contributed by atoms with E-state index in [0.29, 0.717) is 11.2 Å². The summed E-state index contributed by atoms with van der Waals surface area (Å²) in [6.07, 6.45) is 2.65. The Bertz CT molecular complexity index is 1000. The first-order chi connectivity index (χ1) is 12.8. The van der Waals surface area contributed by atoms with E-state index in [2.05, 4.69) is 15.4 Å². The summed E-state index contributed by atoms with van der Waals surface area (Å²) in [5.74, 6) is -0.495. The Labute approximate surface area is 156 Å². The lowest BCUT2D eigenvalue weighted by atomic mass is 10.1. The molecule has 3 rings (SSSR count). The van der Waals surface area contributed by atoms with Crippen LogP contribution >= 0.6 is 0 Å². The third kappa shape index (κ3) is 4.22. The number of fused-ring (bicyclic) bond motifs is 1. The molecule has 0 spiro atoms. The van der Waals surface area contributed by atoms with E-state index in [1.807, 2.05) is 12.1 Å². The van der Waals surface area contributed by atoms with E-state index in [0.717, 1.165) is 11.1 Å². The van der Waals surface area contributed by atoms with Crippen molar-refractivity contribution in [3.8, 4) is 5.69 Å². The van der Waals surface area contributed by atoms with E-state index in [1.165, 1.54) is 13.3 Å². The van der Waals surface area contributed by atoms with Gasteiger partial charge in [-0.3, -0.25) is 5.32 Å². The number of benzene rings is 1. The van der Waals surface area contributed by atoms with Crippen LogP contribution in [0, 0.1) is 0 Å². The number of esters is 1. The number of methoxy groups -OCH3 is 1. The van der Waals surface area contributed by atoms with Crippen LogP contribution in [0.15, 0.2) is 42.7 Å². The molecule has 0 saturated heterocycles. The molecule has 140 valence electrons. The van der Waals surface area contributed by atoms with Crippen molar-refractivity contribution in [2.24, 2.45) is 0 Å². The molecule has 0 saturated carbocycles. The highest BCUT2D eigenvalue weighted by Crippen LogP contribution is 2.22. The number of anilines is 1. The molecule has 8 nitrogen and oxygen atoms in total. The number of nitrogens with zero attached hydrogens (tertiary/aromatic N) is 3. The Balaban J connectivity index is 1.89. The van der Waals surface area contributed by atoms with E-state index in [9.17, 15) is 9.59 Å². The fourth-order valence-corrected chi connectivity index (χ4v) is 2.50. The second-order valence-electron chi connectivity index (χ2n) is 6.83. The van der Waals surface area contributed by atoms with Crippen molar-refractivity contribution in [3.05, 3.63) is 48.4 Å². The van der Waals surface area contributed by atoms with Gasteiger partial charge in [0.1, 0.15) is 11.3 Å². The first kappa shape index (κ1) is 18.4. The van der Waals surface area contributed by atoms with Crippen LogP contribution in [-0.4, -0.2) is 39.5 Å². The summed E-state index contributed by atoms with van der Waals surface area (Å²) in [5.41, 5.74) is 1.54. The number of nitrogens with one attached hydrogen (secondary N) is 1. The highest BCUT2D eigenvalue weighted by atomic mass is 16.6. The monoisotopic (exact) mass is 368 g/mol. The molecule has 0 fully saturated rings. The van der Waals surface area contributed by atoms with Gasteiger partial charge in [0.2, 0.25) is 0 Å². The lowest BCUT2D eigenvalue weighted by Gasteiger charge is -2.19. The van der Waals surface area contributed by atoms with Gasteiger partial charge in [-0.15, -0.1) is 0 Å². The third-order valence-electron chi connectivity index (χ3n) is 3.58. The summed E-state index contributed by atoms with van der Waals surface area (Å²) in [6, 6.07) is 8.86. The van der Waals surface area contributed by atoms with Crippen LogP contribution in [0.3, 0.4) is 0 Å². The number of carbonyl (C=O) groups is 2. The van der Waals surface area contributed by atoms with Crippen LogP contribution < -0.4 is 5.32 Å². The summed E-state index contributed by atoms with van der Waals surface area (Å²) in [6.45, 7) is 5.38. The number of hydrogen-bond donors (Lipinski definition) is 1. The predicted octanol–water partition coefficient (Wildman–Crippen LogP) is 3.55. The number of aromatic nitrogens is 3. The van der Waals surface area contributed by atoms with Crippen molar-refractivity contribution in [1.82, 2.24) is 14.8 Å². The Morgan fingerprint density at radius 1 is 1.15 bits per heavy atom. The molecule has 0 atom stereocenters. The molecule has 2 heterocycles. The van der Waals surface area contributed by atoms with Crippen LogP contribution in [0.1, 0.15) is 31.3 Å². The van der Waals surface area contributed by atoms with Gasteiger partial charge in [0.25, 0.3) is 0 Å². The number of rotatable bonds is 3. The van der Waals surface area contributed by atoms with E-state index >= 15 is 0 Å². The standard InChI is InChI=1S/C19H20N4O4/c1-19(2,3)27-18(25)21-12-10-20-23(11-12)16-7-5-6-14-13(16)8-9-15(22-14)17(24)26-4/h5-11H,1-4H3,(H,21,25). The molecule has 0 bridgehead atoms. The second kappa shape index (κ2) is 7.06. The molecule has 1 aromatic carbocycles. The van der Waals surface area contributed by atoms with Gasteiger partial charge in [-0.1, -0.05) is 6.07 Å². The minimum Gasteiger partial charge on any atom is -0.464 e. The summed E-state index contributed by atoms with van der Waals surface area (Å²) >= 11 is 0. The van der Waals surface area contributed by atoms with Gasteiger partial charge in [0.15, 0.2) is 0 Å². The average molecular weight is 368 g/mol. The molecule has 1 amide bonds. The summed E-state index contributed by atoms with van der Waals surface area (Å²) < 4.78 is 11.6. The fourth-order valence-electron chi connectivity index (χ4n) is 2.50. The topological polar surface area (TPSA) is 95.3 Å². The van der Waals surface area contributed by atoms with Gasteiger partial charge >= 0.3 is 12.1 Å². The molecule has 27 heavy (non-hydrogen) atoms.